The third-order valence-corrected chi connectivity index (χ3v) is 6.04. The number of carbonyl (C=O) groups is 2. The normalized spacial score (nSPS) is 22.7. The number of nitrogens with zero attached hydrogens (tertiary/aromatic N) is 4. The Morgan fingerprint density at radius 1 is 1.36 bits per heavy atom. The van der Waals surface area contributed by atoms with E-state index in [0.717, 1.165) is 6.42 Å². The first-order chi connectivity index (χ1) is 11.9. The Morgan fingerprint density at radius 2 is 2.20 bits per heavy atom. The zero-order chi connectivity index (χ0) is 17.9. The highest BCUT2D eigenvalue weighted by Gasteiger charge is 2.37. The van der Waals surface area contributed by atoms with Crippen LogP contribution in [0.3, 0.4) is 0 Å². The maximum absolute atomic E-state index is 12.2. The summed E-state index contributed by atoms with van der Waals surface area (Å²) >= 11 is 0. The Labute approximate surface area is 146 Å². The van der Waals surface area contributed by atoms with Crippen LogP contribution in [-0.2, 0) is 26.0 Å². The molecule has 136 valence electrons. The zero-order valence-corrected chi connectivity index (χ0v) is 14.6. The molecular weight excluding hydrogens is 346 g/mol. The maximum Gasteiger partial charge on any atom is 0.267 e. The minimum absolute atomic E-state index is 0.0614. The van der Waals surface area contributed by atoms with E-state index in [2.05, 4.69) is 15.5 Å². The first kappa shape index (κ1) is 17.6. The average Bonchev–Trinajstić information content (AvgIpc) is 3.21. The number of hydrogen-bond acceptors (Lipinski definition) is 6. The van der Waals surface area contributed by atoms with E-state index in [-0.39, 0.29) is 41.9 Å². The zero-order valence-electron chi connectivity index (χ0n) is 13.8. The Hall–Kier alpha value is -2.23. The van der Waals surface area contributed by atoms with Gasteiger partial charge in [-0.05, 0) is 18.9 Å². The summed E-state index contributed by atoms with van der Waals surface area (Å²) in [5.74, 6) is -0.552. The number of sulfone groups is 1. The summed E-state index contributed by atoms with van der Waals surface area (Å²) in [4.78, 5) is 24.3. The minimum Gasteiger partial charge on any atom is -0.351 e. The molecule has 1 saturated heterocycles. The second-order valence-electron chi connectivity index (χ2n) is 6.22. The molecule has 3 heterocycles. The van der Waals surface area contributed by atoms with Crippen molar-refractivity contribution < 1.29 is 18.0 Å². The predicted octanol–water partition coefficient (Wildman–Crippen LogP) is -0.445. The van der Waals surface area contributed by atoms with Crippen molar-refractivity contribution in [1.29, 1.82) is 0 Å². The highest BCUT2D eigenvalue weighted by Crippen LogP contribution is 2.22. The number of amides is 2. The van der Waals surface area contributed by atoms with Crippen LogP contribution in [0.15, 0.2) is 23.6 Å². The van der Waals surface area contributed by atoms with E-state index in [4.69, 9.17) is 0 Å². The minimum atomic E-state index is -3.12. The summed E-state index contributed by atoms with van der Waals surface area (Å²) in [6, 6.07) is 1.38. The molecule has 2 aliphatic rings. The van der Waals surface area contributed by atoms with Crippen molar-refractivity contribution in [3.8, 4) is 0 Å². The molecule has 0 unspecified atom stereocenters. The van der Waals surface area contributed by atoms with E-state index in [1.165, 1.54) is 5.01 Å². The standard InChI is InChI=1S/C15H21N5O4S/c21-14-4-3-13(18-20(14)12-5-10-25(23,24)11-12)15(22)16-6-1-8-19-9-2-7-17-19/h2,7,9,12H,1,3-6,8,10-11H2,(H,16,22)/t12-/m1/s1. The summed E-state index contributed by atoms with van der Waals surface area (Å²) in [5, 5.41) is 12.2. The molecule has 1 aromatic rings. The lowest BCUT2D eigenvalue weighted by atomic mass is 10.1. The topological polar surface area (TPSA) is 114 Å². The van der Waals surface area contributed by atoms with Crippen LogP contribution in [-0.4, -0.2) is 64.8 Å². The molecule has 1 atom stereocenters. The van der Waals surface area contributed by atoms with E-state index in [1.807, 2.05) is 12.3 Å². The molecule has 0 radical (unpaired) electrons. The van der Waals surface area contributed by atoms with Gasteiger partial charge >= 0.3 is 0 Å². The van der Waals surface area contributed by atoms with Crippen molar-refractivity contribution in [2.75, 3.05) is 18.1 Å². The summed E-state index contributed by atoms with van der Waals surface area (Å²) < 4.78 is 25.0. The van der Waals surface area contributed by atoms with Crippen LogP contribution in [0.5, 0.6) is 0 Å². The van der Waals surface area contributed by atoms with Crippen LogP contribution in [0, 0.1) is 0 Å². The van der Waals surface area contributed by atoms with Gasteiger partial charge in [0.1, 0.15) is 5.71 Å². The van der Waals surface area contributed by atoms with Crippen molar-refractivity contribution in [1.82, 2.24) is 20.1 Å². The number of nitrogens with one attached hydrogen (secondary N) is 1. The number of rotatable bonds is 6. The fourth-order valence-electron chi connectivity index (χ4n) is 2.97. The Morgan fingerprint density at radius 3 is 2.88 bits per heavy atom. The SMILES string of the molecule is O=C(NCCCn1cccn1)C1=NN([C@@H]2CCS(=O)(=O)C2)C(=O)CC1. The molecule has 0 saturated carbocycles. The van der Waals surface area contributed by atoms with Crippen molar-refractivity contribution in [2.45, 2.75) is 38.3 Å². The fraction of sp³-hybridized carbons (Fsp3) is 0.600. The van der Waals surface area contributed by atoms with E-state index < -0.39 is 15.9 Å². The monoisotopic (exact) mass is 367 g/mol. The van der Waals surface area contributed by atoms with Gasteiger partial charge < -0.3 is 5.32 Å². The third kappa shape index (κ3) is 4.44. The van der Waals surface area contributed by atoms with Gasteiger partial charge in [0.25, 0.3) is 5.91 Å². The second kappa shape index (κ2) is 7.34. The van der Waals surface area contributed by atoms with E-state index in [9.17, 15) is 18.0 Å². The predicted molar refractivity (Wildman–Crippen MR) is 90.4 cm³/mol. The van der Waals surface area contributed by atoms with Crippen LogP contribution < -0.4 is 5.32 Å². The van der Waals surface area contributed by atoms with Gasteiger partial charge in [-0.2, -0.15) is 10.2 Å². The van der Waals surface area contributed by atoms with Crippen molar-refractivity contribution >= 4 is 27.4 Å². The molecule has 1 aromatic heterocycles. The van der Waals surface area contributed by atoms with E-state index in [1.54, 1.807) is 10.9 Å². The van der Waals surface area contributed by atoms with Crippen molar-refractivity contribution in [2.24, 2.45) is 5.10 Å². The Bertz CT molecular complexity index is 772. The Balaban J connectivity index is 1.54. The van der Waals surface area contributed by atoms with Gasteiger partial charge in [-0.25, -0.2) is 13.4 Å². The molecule has 0 spiro atoms. The lowest BCUT2D eigenvalue weighted by Crippen LogP contribution is -2.44. The van der Waals surface area contributed by atoms with Gasteiger partial charge in [0.15, 0.2) is 9.84 Å². The molecule has 3 rings (SSSR count). The van der Waals surface area contributed by atoms with Gasteiger partial charge in [0, 0.05) is 38.3 Å². The number of hydrogen-bond donors (Lipinski definition) is 1. The van der Waals surface area contributed by atoms with Crippen molar-refractivity contribution in [3.05, 3.63) is 18.5 Å². The highest BCUT2D eigenvalue weighted by atomic mass is 32.2. The molecule has 2 amide bonds. The van der Waals surface area contributed by atoms with Gasteiger partial charge in [0.05, 0.1) is 17.5 Å². The fourth-order valence-corrected chi connectivity index (χ4v) is 4.66. The summed E-state index contributed by atoms with van der Waals surface area (Å²) in [5.41, 5.74) is 0.281. The number of carbonyl (C=O) groups excluding carboxylic acids is 2. The lowest BCUT2D eigenvalue weighted by molar-refractivity contribution is -0.133. The van der Waals surface area contributed by atoms with Crippen LogP contribution in [0.4, 0.5) is 0 Å². The van der Waals surface area contributed by atoms with Crippen LogP contribution in [0.25, 0.3) is 0 Å². The molecule has 1 fully saturated rings. The third-order valence-electron chi connectivity index (χ3n) is 4.28. The smallest absolute Gasteiger partial charge is 0.267 e. The number of hydrazone groups is 1. The highest BCUT2D eigenvalue weighted by molar-refractivity contribution is 7.91. The molecule has 25 heavy (non-hydrogen) atoms. The van der Waals surface area contributed by atoms with Crippen LogP contribution >= 0.6 is 0 Å². The van der Waals surface area contributed by atoms with Gasteiger partial charge in [-0.1, -0.05) is 0 Å². The molecule has 0 aliphatic carbocycles. The van der Waals surface area contributed by atoms with Crippen LogP contribution in [0.1, 0.15) is 25.7 Å². The van der Waals surface area contributed by atoms with Crippen LogP contribution in [0.2, 0.25) is 0 Å². The molecule has 10 heteroatoms. The molecule has 2 aliphatic heterocycles. The maximum atomic E-state index is 12.2. The molecule has 1 N–H and O–H groups in total. The van der Waals surface area contributed by atoms with Gasteiger partial charge in [-0.15, -0.1) is 0 Å². The largest absolute Gasteiger partial charge is 0.351 e. The quantitative estimate of drug-likeness (QED) is 0.685. The van der Waals surface area contributed by atoms with Gasteiger partial charge in [0.2, 0.25) is 5.91 Å². The first-order valence-electron chi connectivity index (χ1n) is 8.30. The first-order valence-corrected chi connectivity index (χ1v) is 10.1. The van der Waals surface area contributed by atoms with Crippen molar-refractivity contribution in [3.63, 3.8) is 0 Å². The summed E-state index contributed by atoms with van der Waals surface area (Å²) in [7, 11) is -3.12. The van der Waals surface area contributed by atoms with E-state index >= 15 is 0 Å². The van der Waals surface area contributed by atoms with Gasteiger partial charge in [-0.3, -0.25) is 14.3 Å². The molecule has 9 nitrogen and oxygen atoms in total. The second-order valence-corrected chi connectivity index (χ2v) is 8.45. The Kier molecular flexibility index (Phi) is 5.16. The molecule has 0 bridgehead atoms. The van der Waals surface area contributed by atoms with E-state index in [0.29, 0.717) is 19.5 Å². The summed E-state index contributed by atoms with van der Waals surface area (Å²) in [6.07, 6.45) is 5.10. The molecular formula is C15H21N5O4S. The molecule has 0 aromatic carbocycles. The lowest BCUT2D eigenvalue weighted by Gasteiger charge is -2.27. The number of aryl methyl sites for hydroxylation is 1. The summed E-state index contributed by atoms with van der Waals surface area (Å²) in [6.45, 7) is 1.17. The average molecular weight is 367 g/mol. The number of aromatic nitrogens is 2.